The van der Waals surface area contributed by atoms with Crippen LogP contribution in [0.5, 0.6) is 0 Å². The van der Waals surface area contributed by atoms with Gasteiger partial charge in [0.1, 0.15) is 0 Å². The standard InChI is InChI=1S/C13H17BrN2S/c1-3-10-4-6-11(7-5-10)16(2)13-15-9-12(8-14)17-13/h4-7,12H,3,8-9H2,1-2H3. The molecule has 0 radical (unpaired) electrons. The molecule has 0 aromatic heterocycles. The van der Waals surface area contributed by atoms with Gasteiger partial charge in [-0.2, -0.15) is 0 Å². The van der Waals surface area contributed by atoms with E-state index in [1.54, 1.807) is 0 Å². The van der Waals surface area contributed by atoms with E-state index in [0.717, 1.165) is 23.5 Å². The van der Waals surface area contributed by atoms with E-state index in [2.05, 4.69) is 64.1 Å². The second-order valence-electron chi connectivity index (χ2n) is 4.10. The molecule has 1 aliphatic heterocycles. The summed E-state index contributed by atoms with van der Waals surface area (Å²) >= 11 is 5.37. The molecule has 0 saturated heterocycles. The van der Waals surface area contributed by atoms with E-state index in [0.29, 0.717) is 5.25 Å². The summed E-state index contributed by atoms with van der Waals surface area (Å²) in [5.74, 6) is 0. The summed E-state index contributed by atoms with van der Waals surface area (Å²) in [4.78, 5) is 6.76. The van der Waals surface area contributed by atoms with Crippen LogP contribution in [-0.2, 0) is 6.42 Å². The molecular weight excluding hydrogens is 296 g/mol. The van der Waals surface area contributed by atoms with Crippen LogP contribution in [-0.4, -0.2) is 29.3 Å². The van der Waals surface area contributed by atoms with Crippen molar-refractivity contribution < 1.29 is 0 Å². The van der Waals surface area contributed by atoms with Gasteiger partial charge in [0, 0.05) is 23.3 Å². The molecule has 17 heavy (non-hydrogen) atoms. The highest BCUT2D eigenvalue weighted by molar-refractivity contribution is 9.09. The van der Waals surface area contributed by atoms with Crippen molar-refractivity contribution in [2.45, 2.75) is 18.6 Å². The molecule has 92 valence electrons. The molecule has 0 aliphatic carbocycles. The molecule has 1 aliphatic rings. The second-order valence-corrected chi connectivity index (χ2v) is 6.01. The lowest BCUT2D eigenvalue weighted by atomic mass is 10.1. The third kappa shape index (κ3) is 3.05. The van der Waals surface area contributed by atoms with Crippen LogP contribution in [0.25, 0.3) is 0 Å². The minimum absolute atomic E-state index is 0.586. The molecule has 4 heteroatoms. The number of nitrogens with zero attached hydrogens (tertiary/aromatic N) is 2. The lowest BCUT2D eigenvalue weighted by molar-refractivity contribution is 0.990. The largest absolute Gasteiger partial charge is 0.324 e. The zero-order valence-corrected chi connectivity index (χ0v) is 12.6. The van der Waals surface area contributed by atoms with Crippen LogP contribution in [0.15, 0.2) is 29.3 Å². The number of halogens is 1. The van der Waals surface area contributed by atoms with Gasteiger partial charge in [-0.25, -0.2) is 0 Å². The highest BCUT2D eigenvalue weighted by atomic mass is 79.9. The third-order valence-corrected chi connectivity index (χ3v) is 5.37. The van der Waals surface area contributed by atoms with E-state index in [-0.39, 0.29) is 0 Å². The van der Waals surface area contributed by atoms with Crippen LogP contribution in [0.3, 0.4) is 0 Å². The summed E-state index contributed by atoms with van der Waals surface area (Å²) in [6, 6.07) is 8.72. The zero-order chi connectivity index (χ0) is 12.3. The molecule has 0 bridgehead atoms. The van der Waals surface area contributed by atoms with Crippen molar-refractivity contribution in [1.82, 2.24) is 0 Å². The monoisotopic (exact) mass is 312 g/mol. The molecule has 1 aromatic rings. The number of anilines is 1. The van der Waals surface area contributed by atoms with Gasteiger partial charge in [0.2, 0.25) is 0 Å². The highest BCUT2D eigenvalue weighted by Gasteiger charge is 2.21. The van der Waals surface area contributed by atoms with Gasteiger partial charge in [-0.3, -0.25) is 4.99 Å². The summed E-state index contributed by atoms with van der Waals surface area (Å²) < 4.78 is 0. The molecule has 1 heterocycles. The van der Waals surface area contributed by atoms with Gasteiger partial charge in [-0.15, -0.1) is 0 Å². The van der Waals surface area contributed by atoms with Gasteiger partial charge in [-0.1, -0.05) is 46.7 Å². The molecule has 0 N–H and O–H groups in total. The fraction of sp³-hybridized carbons (Fsp3) is 0.462. The number of hydrogen-bond acceptors (Lipinski definition) is 3. The lowest BCUT2D eigenvalue weighted by Crippen LogP contribution is -2.22. The van der Waals surface area contributed by atoms with Gasteiger partial charge in [-0.05, 0) is 24.1 Å². The Bertz CT molecular complexity index is 402. The van der Waals surface area contributed by atoms with Crippen LogP contribution >= 0.6 is 27.7 Å². The van der Waals surface area contributed by atoms with E-state index in [9.17, 15) is 0 Å². The summed E-state index contributed by atoms with van der Waals surface area (Å²) in [6.45, 7) is 3.10. The average Bonchev–Trinajstić information content (AvgIpc) is 2.87. The quantitative estimate of drug-likeness (QED) is 0.793. The predicted octanol–water partition coefficient (Wildman–Crippen LogP) is 3.55. The molecular formula is C13H17BrN2S. The fourth-order valence-electron chi connectivity index (χ4n) is 1.73. The fourth-order valence-corrected chi connectivity index (χ4v) is 3.26. The number of thioether (sulfide) groups is 1. The molecule has 2 rings (SSSR count). The van der Waals surface area contributed by atoms with Gasteiger partial charge in [0.25, 0.3) is 0 Å². The first-order valence-corrected chi connectivity index (χ1v) is 7.84. The molecule has 2 nitrogen and oxygen atoms in total. The van der Waals surface area contributed by atoms with E-state index in [1.807, 2.05) is 11.8 Å². The molecule has 0 amide bonds. The Kier molecular flexibility index (Phi) is 4.51. The van der Waals surface area contributed by atoms with Crippen molar-refractivity contribution in [3.8, 4) is 0 Å². The minimum Gasteiger partial charge on any atom is -0.324 e. The van der Waals surface area contributed by atoms with Crippen LogP contribution < -0.4 is 4.90 Å². The first kappa shape index (κ1) is 13.0. The minimum atomic E-state index is 0.586. The molecule has 1 unspecified atom stereocenters. The number of alkyl halides is 1. The van der Waals surface area contributed by atoms with Gasteiger partial charge in [0.05, 0.1) is 6.54 Å². The van der Waals surface area contributed by atoms with E-state index < -0.39 is 0 Å². The van der Waals surface area contributed by atoms with Crippen LogP contribution in [0, 0.1) is 0 Å². The van der Waals surface area contributed by atoms with Crippen molar-refractivity contribution in [3.05, 3.63) is 29.8 Å². The maximum atomic E-state index is 4.58. The molecule has 0 spiro atoms. The SMILES string of the molecule is CCc1ccc(N(C)C2=NCC(CBr)S2)cc1. The molecule has 0 fully saturated rings. The van der Waals surface area contributed by atoms with Crippen LogP contribution in [0.4, 0.5) is 5.69 Å². The predicted molar refractivity (Wildman–Crippen MR) is 81.7 cm³/mol. The second kappa shape index (κ2) is 5.91. The zero-order valence-electron chi connectivity index (χ0n) is 10.2. The number of aryl methyl sites for hydroxylation is 1. The Hall–Kier alpha value is -0.480. The van der Waals surface area contributed by atoms with Gasteiger partial charge < -0.3 is 4.90 Å². The number of amidine groups is 1. The Morgan fingerprint density at radius 3 is 2.65 bits per heavy atom. The average molecular weight is 313 g/mol. The number of benzene rings is 1. The van der Waals surface area contributed by atoms with Gasteiger partial charge >= 0.3 is 0 Å². The topological polar surface area (TPSA) is 15.6 Å². The normalized spacial score (nSPS) is 19.2. The Morgan fingerprint density at radius 1 is 1.41 bits per heavy atom. The Morgan fingerprint density at radius 2 is 2.12 bits per heavy atom. The highest BCUT2D eigenvalue weighted by Crippen LogP contribution is 2.27. The van der Waals surface area contributed by atoms with E-state index in [4.69, 9.17) is 0 Å². The summed E-state index contributed by atoms with van der Waals surface area (Å²) in [7, 11) is 2.09. The van der Waals surface area contributed by atoms with Gasteiger partial charge in [0.15, 0.2) is 5.17 Å². The number of aliphatic imine (C=N–C) groups is 1. The first-order valence-electron chi connectivity index (χ1n) is 5.84. The van der Waals surface area contributed by atoms with Crippen molar-refractivity contribution >= 4 is 38.5 Å². The smallest absolute Gasteiger partial charge is 0.163 e. The maximum Gasteiger partial charge on any atom is 0.163 e. The third-order valence-electron chi connectivity index (χ3n) is 2.89. The van der Waals surface area contributed by atoms with Crippen molar-refractivity contribution in [3.63, 3.8) is 0 Å². The summed E-state index contributed by atoms with van der Waals surface area (Å²) in [6.07, 6.45) is 1.09. The molecule has 1 atom stereocenters. The maximum absolute atomic E-state index is 4.58. The Balaban J connectivity index is 2.06. The molecule has 0 saturated carbocycles. The van der Waals surface area contributed by atoms with E-state index >= 15 is 0 Å². The first-order chi connectivity index (χ1) is 8.24. The van der Waals surface area contributed by atoms with E-state index in [1.165, 1.54) is 11.3 Å². The lowest BCUT2D eigenvalue weighted by Gasteiger charge is -2.19. The van der Waals surface area contributed by atoms with Crippen molar-refractivity contribution in [1.29, 1.82) is 0 Å². The van der Waals surface area contributed by atoms with Crippen LogP contribution in [0.1, 0.15) is 12.5 Å². The number of rotatable bonds is 3. The van der Waals surface area contributed by atoms with Crippen LogP contribution in [0.2, 0.25) is 0 Å². The summed E-state index contributed by atoms with van der Waals surface area (Å²) in [5, 5.41) is 2.72. The Labute approximate surface area is 116 Å². The molecule has 1 aromatic carbocycles. The van der Waals surface area contributed by atoms with Crippen molar-refractivity contribution in [2.24, 2.45) is 4.99 Å². The van der Waals surface area contributed by atoms with Crippen molar-refractivity contribution in [2.75, 3.05) is 23.8 Å². The number of hydrogen-bond donors (Lipinski definition) is 0. The summed E-state index contributed by atoms with van der Waals surface area (Å²) in [5.41, 5.74) is 2.59.